The lowest BCUT2D eigenvalue weighted by atomic mass is 10.0. The van der Waals surface area contributed by atoms with Crippen molar-refractivity contribution in [1.82, 2.24) is 20.4 Å². The minimum absolute atomic E-state index is 0.0827. The Balaban J connectivity index is 1.81. The molecule has 0 saturated heterocycles. The number of amides is 2. The van der Waals surface area contributed by atoms with E-state index in [1.54, 1.807) is 11.9 Å². The van der Waals surface area contributed by atoms with Gasteiger partial charge in [0.05, 0.1) is 0 Å². The number of carbonyl (C=O) groups is 1. The molecule has 0 spiro atoms. The molecule has 0 aliphatic heterocycles. The largest absolute Gasteiger partial charge is 0.423 e. The molecule has 6 heteroatoms. The van der Waals surface area contributed by atoms with E-state index in [0.717, 1.165) is 0 Å². The van der Waals surface area contributed by atoms with Crippen LogP contribution in [0.3, 0.4) is 0 Å². The Labute approximate surface area is 119 Å². The summed E-state index contributed by atoms with van der Waals surface area (Å²) in [5.74, 6) is 1.70. The van der Waals surface area contributed by atoms with Crippen LogP contribution in [0.2, 0.25) is 0 Å². The van der Waals surface area contributed by atoms with Gasteiger partial charge in [0.2, 0.25) is 11.8 Å². The highest BCUT2D eigenvalue weighted by atomic mass is 16.4. The molecule has 1 fully saturated rings. The van der Waals surface area contributed by atoms with Gasteiger partial charge in [0.25, 0.3) is 0 Å². The van der Waals surface area contributed by atoms with E-state index in [-0.39, 0.29) is 12.1 Å². The number of hydrogen-bond donors (Lipinski definition) is 1. The monoisotopic (exact) mass is 280 g/mol. The molecule has 1 heterocycles. The lowest BCUT2D eigenvalue weighted by Crippen LogP contribution is -2.44. The Hall–Kier alpha value is -1.59. The van der Waals surface area contributed by atoms with Crippen LogP contribution in [0, 0.1) is 5.92 Å². The minimum atomic E-state index is -0.0827. The van der Waals surface area contributed by atoms with E-state index in [1.807, 2.05) is 6.92 Å². The lowest BCUT2D eigenvalue weighted by molar-refractivity contribution is 0.193. The fraction of sp³-hybridized carbons (Fsp3) is 0.786. The lowest BCUT2D eigenvalue weighted by Gasteiger charge is -2.24. The van der Waals surface area contributed by atoms with Gasteiger partial charge in [-0.25, -0.2) is 4.79 Å². The SMILES string of the molecule is CCc1nnc(CN(C)C(=O)N[C@H](C)C2CCCC2)o1. The first-order valence-corrected chi connectivity index (χ1v) is 7.43. The van der Waals surface area contributed by atoms with Crippen molar-refractivity contribution in [3.05, 3.63) is 11.8 Å². The van der Waals surface area contributed by atoms with E-state index in [0.29, 0.717) is 30.7 Å². The van der Waals surface area contributed by atoms with Gasteiger partial charge < -0.3 is 14.6 Å². The molecule has 1 N–H and O–H groups in total. The summed E-state index contributed by atoms with van der Waals surface area (Å²) in [5.41, 5.74) is 0. The molecule has 1 aromatic heterocycles. The van der Waals surface area contributed by atoms with Gasteiger partial charge >= 0.3 is 6.03 Å². The fourth-order valence-corrected chi connectivity index (χ4v) is 2.65. The third kappa shape index (κ3) is 3.71. The molecule has 0 bridgehead atoms. The first-order valence-electron chi connectivity index (χ1n) is 7.43. The number of urea groups is 1. The van der Waals surface area contributed by atoms with Gasteiger partial charge in [-0.2, -0.15) is 0 Å². The minimum Gasteiger partial charge on any atom is -0.423 e. The zero-order chi connectivity index (χ0) is 14.5. The predicted octanol–water partition coefficient (Wildman–Crippen LogP) is 2.35. The second-order valence-electron chi connectivity index (χ2n) is 5.58. The number of aryl methyl sites for hydroxylation is 1. The maximum absolute atomic E-state index is 12.1. The zero-order valence-corrected chi connectivity index (χ0v) is 12.6. The van der Waals surface area contributed by atoms with Crippen LogP contribution in [0.15, 0.2) is 4.42 Å². The van der Waals surface area contributed by atoms with Gasteiger partial charge in [0.15, 0.2) is 0 Å². The van der Waals surface area contributed by atoms with Gasteiger partial charge in [0, 0.05) is 19.5 Å². The summed E-state index contributed by atoms with van der Waals surface area (Å²) in [5, 5.41) is 10.9. The van der Waals surface area contributed by atoms with Crippen LogP contribution >= 0.6 is 0 Å². The van der Waals surface area contributed by atoms with Gasteiger partial charge in [-0.1, -0.05) is 19.8 Å². The molecule has 2 rings (SSSR count). The van der Waals surface area contributed by atoms with Crippen LogP contribution in [-0.4, -0.2) is 34.2 Å². The number of rotatable bonds is 5. The Morgan fingerprint density at radius 3 is 2.65 bits per heavy atom. The quantitative estimate of drug-likeness (QED) is 0.898. The van der Waals surface area contributed by atoms with Crippen molar-refractivity contribution in [2.75, 3.05) is 7.05 Å². The van der Waals surface area contributed by atoms with Crippen LogP contribution in [-0.2, 0) is 13.0 Å². The molecule has 1 atom stereocenters. The van der Waals surface area contributed by atoms with E-state index >= 15 is 0 Å². The van der Waals surface area contributed by atoms with Crippen molar-refractivity contribution < 1.29 is 9.21 Å². The second-order valence-corrected chi connectivity index (χ2v) is 5.58. The summed E-state index contributed by atoms with van der Waals surface area (Å²) in [4.78, 5) is 13.7. The summed E-state index contributed by atoms with van der Waals surface area (Å²) in [6, 6.07) is 0.141. The Kier molecular flexibility index (Phi) is 4.98. The van der Waals surface area contributed by atoms with Crippen LogP contribution in [0.25, 0.3) is 0 Å². The van der Waals surface area contributed by atoms with Crippen LogP contribution in [0.1, 0.15) is 51.3 Å². The summed E-state index contributed by atoms with van der Waals surface area (Å²) in [6.45, 7) is 4.39. The Morgan fingerprint density at radius 1 is 1.40 bits per heavy atom. The van der Waals surface area contributed by atoms with Crippen LogP contribution < -0.4 is 5.32 Å². The molecule has 6 nitrogen and oxygen atoms in total. The number of hydrogen-bond acceptors (Lipinski definition) is 4. The molecule has 112 valence electrons. The van der Waals surface area contributed by atoms with Crippen molar-refractivity contribution >= 4 is 6.03 Å². The molecule has 1 saturated carbocycles. The van der Waals surface area contributed by atoms with Crippen molar-refractivity contribution in [3.63, 3.8) is 0 Å². The summed E-state index contributed by atoms with van der Waals surface area (Å²) >= 11 is 0. The van der Waals surface area contributed by atoms with Gasteiger partial charge in [-0.05, 0) is 25.7 Å². The predicted molar refractivity (Wildman–Crippen MR) is 75.1 cm³/mol. The molecular weight excluding hydrogens is 256 g/mol. The highest BCUT2D eigenvalue weighted by Gasteiger charge is 2.24. The molecule has 1 aromatic rings. The number of carbonyl (C=O) groups excluding carboxylic acids is 1. The molecule has 2 amide bonds. The molecule has 0 aromatic carbocycles. The normalized spacial score (nSPS) is 17.1. The van der Waals surface area contributed by atoms with E-state index in [9.17, 15) is 4.79 Å². The topological polar surface area (TPSA) is 71.3 Å². The van der Waals surface area contributed by atoms with E-state index in [4.69, 9.17) is 4.42 Å². The van der Waals surface area contributed by atoms with Crippen molar-refractivity contribution in [1.29, 1.82) is 0 Å². The first kappa shape index (κ1) is 14.8. The maximum atomic E-state index is 12.1. The number of nitrogens with zero attached hydrogens (tertiary/aromatic N) is 3. The Morgan fingerprint density at radius 2 is 2.05 bits per heavy atom. The fourth-order valence-electron chi connectivity index (χ4n) is 2.65. The smallest absolute Gasteiger partial charge is 0.317 e. The highest BCUT2D eigenvalue weighted by molar-refractivity contribution is 5.74. The van der Waals surface area contributed by atoms with E-state index < -0.39 is 0 Å². The number of nitrogens with one attached hydrogen (secondary N) is 1. The Bertz CT molecular complexity index is 440. The second kappa shape index (κ2) is 6.72. The molecule has 1 aliphatic carbocycles. The van der Waals surface area contributed by atoms with Crippen molar-refractivity contribution in [3.8, 4) is 0 Å². The van der Waals surface area contributed by atoms with Crippen molar-refractivity contribution in [2.24, 2.45) is 5.92 Å². The summed E-state index contributed by atoms with van der Waals surface area (Å²) in [6.07, 6.45) is 5.70. The average Bonchev–Trinajstić information content (AvgIpc) is 3.09. The van der Waals surface area contributed by atoms with E-state index in [2.05, 4.69) is 22.4 Å². The maximum Gasteiger partial charge on any atom is 0.317 e. The molecule has 1 aliphatic rings. The van der Waals surface area contributed by atoms with Gasteiger partial charge in [-0.15, -0.1) is 10.2 Å². The first-order chi connectivity index (χ1) is 9.60. The highest BCUT2D eigenvalue weighted by Crippen LogP contribution is 2.27. The third-order valence-corrected chi connectivity index (χ3v) is 3.99. The van der Waals surface area contributed by atoms with Crippen LogP contribution in [0.5, 0.6) is 0 Å². The molecule has 20 heavy (non-hydrogen) atoms. The number of aromatic nitrogens is 2. The van der Waals surface area contributed by atoms with Gasteiger partial charge in [-0.3, -0.25) is 0 Å². The third-order valence-electron chi connectivity index (χ3n) is 3.99. The molecule has 0 radical (unpaired) electrons. The van der Waals surface area contributed by atoms with E-state index in [1.165, 1.54) is 25.7 Å². The summed E-state index contributed by atoms with van der Waals surface area (Å²) < 4.78 is 5.41. The standard InChI is InChI=1S/C14H24N4O2/c1-4-12-16-17-13(20-12)9-18(3)14(19)15-10(2)11-7-5-6-8-11/h10-11H,4-9H2,1-3H3,(H,15,19)/t10-/m1/s1. The average molecular weight is 280 g/mol. The van der Waals surface area contributed by atoms with Crippen LogP contribution in [0.4, 0.5) is 4.79 Å². The van der Waals surface area contributed by atoms with Gasteiger partial charge in [0.1, 0.15) is 6.54 Å². The zero-order valence-electron chi connectivity index (χ0n) is 12.6. The summed E-state index contributed by atoms with van der Waals surface area (Å²) in [7, 11) is 1.74. The molecule has 0 unspecified atom stereocenters. The molecular formula is C14H24N4O2. The van der Waals surface area contributed by atoms with Crippen molar-refractivity contribution in [2.45, 2.75) is 58.5 Å².